The van der Waals surface area contributed by atoms with Crippen molar-refractivity contribution >= 4 is 17.7 Å². The van der Waals surface area contributed by atoms with Crippen LogP contribution >= 0.6 is 11.8 Å². The Morgan fingerprint density at radius 3 is 2.65 bits per heavy atom. The molecule has 20 heavy (non-hydrogen) atoms. The summed E-state index contributed by atoms with van der Waals surface area (Å²) in [6, 6.07) is 4.17. The van der Waals surface area contributed by atoms with E-state index in [0.29, 0.717) is 23.7 Å². The van der Waals surface area contributed by atoms with E-state index in [1.165, 1.54) is 11.8 Å². The Labute approximate surface area is 122 Å². The molecule has 0 amide bonds. The third-order valence-corrected chi connectivity index (χ3v) is 3.13. The van der Waals surface area contributed by atoms with Gasteiger partial charge in [0.1, 0.15) is 0 Å². The fraction of sp³-hybridized carbons (Fsp3) is 0.385. The molecule has 2 rings (SSSR count). The van der Waals surface area contributed by atoms with Crippen LogP contribution in [0, 0.1) is 0 Å². The fourth-order valence-electron chi connectivity index (χ4n) is 1.40. The molecule has 0 fully saturated rings. The number of hydrogen-bond acceptors (Lipinski definition) is 7. The number of pyridine rings is 1. The van der Waals surface area contributed by atoms with Crippen LogP contribution in [0.5, 0.6) is 6.01 Å². The highest BCUT2D eigenvalue weighted by molar-refractivity contribution is 7.99. The van der Waals surface area contributed by atoms with Gasteiger partial charge in [-0.3, -0.25) is 4.98 Å². The Morgan fingerprint density at radius 1 is 1.15 bits per heavy atom. The van der Waals surface area contributed by atoms with Gasteiger partial charge in [0.15, 0.2) is 0 Å². The number of rotatable bonds is 7. The van der Waals surface area contributed by atoms with E-state index in [0.717, 1.165) is 17.9 Å². The lowest BCUT2D eigenvalue weighted by molar-refractivity contribution is 0.308. The molecular formula is C13H17N5OS. The molecule has 106 valence electrons. The molecule has 0 unspecified atom stereocenters. The third kappa shape index (κ3) is 4.34. The quantitative estimate of drug-likeness (QED) is 0.840. The molecule has 0 saturated carbocycles. The zero-order valence-corrected chi connectivity index (χ0v) is 12.4. The fourth-order valence-corrected chi connectivity index (χ4v) is 2.13. The van der Waals surface area contributed by atoms with Gasteiger partial charge in [0.2, 0.25) is 11.1 Å². The van der Waals surface area contributed by atoms with Crippen LogP contribution in [0.4, 0.5) is 5.95 Å². The highest BCUT2D eigenvalue weighted by Gasteiger charge is 2.08. The number of anilines is 1. The van der Waals surface area contributed by atoms with E-state index >= 15 is 0 Å². The largest absolute Gasteiger partial charge is 0.464 e. The van der Waals surface area contributed by atoms with Crippen LogP contribution in [-0.2, 0) is 0 Å². The normalized spacial score (nSPS) is 10.3. The highest BCUT2D eigenvalue weighted by atomic mass is 32.2. The topological polar surface area (TPSA) is 72.8 Å². The lowest BCUT2D eigenvalue weighted by Crippen LogP contribution is -2.08. The minimum absolute atomic E-state index is 0.345. The summed E-state index contributed by atoms with van der Waals surface area (Å²) in [5.74, 6) is 0.543. The summed E-state index contributed by atoms with van der Waals surface area (Å²) in [5.41, 5.74) is 0. The summed E-state index contributed by atoms with van der Waals surface area (Å²) in [7, 11) is 0. The first-order valence-electron chi connectivity index (χ1n) is 6.52. The van der Waals surface area contributed by atoms with E-state index in [9.17, 15) is 0 Å². The standard InChI is InChI=1S/C13H17N5OS/c1-3-7-15-11-16-12(19-4-2)18-13(17-11)20-10-5-8-14-9-6-10/h5-6,8-9H,3-4,7H2,1-2H3,(H,15,16,17,18). The molecule has 2 aromatic rings. The first-order chi connectivity index (χ1) is 9.81. The zero-order valence-electron chi connectivity index (χ0n) is 11.5. The number of aromatic nitrogens is 4. The SMILES string of the molecule is CCCNc1nc(OCC)nc(Sc2ccncc2)n1. The van der Waals surface area contributed by atoms with Crippen LogP contribution in [0.1, 0.15) is 20.3 Å². The van der Waals surface area contributed by atoms with Crippen molar-refractivity contribution < 1.29 is 4.74 Å². The van der Waals surface area contributed by atoms with E-state index in [4.69, 9.17) is 4.74 Å². The zero-order chi connectivity index (χ0) is 14.2. The second kappa shape index (κ2) is 7.64. The van der Waals surface area contributed by atoms with Gasteiger partial charge in [0, 0.05) is 23.8 Å². The molecule has 0 aromatic carbocycles. The summed E-state index contributed by atoms with van der Waals surface area (Å²) in [6.07, 6.45) is 4.48. The van der Waals surface area contributed by atoms with Crippen molar-refractivity contribution in [1.82, 2.24) is 19.9 Å². The van der Waals surface area contributed by atoms with Crippen LogP contribution in [-0.4, -0.2) is 33.1 Å². The molecule has 1 N–H and O–H groups in total. The maximum absolute atomic E-state index is 5.38. The van der Waals surface area contributed by atoms with Crippen LogP contribution in [0.3, 0.4) is 0 Å². The first kappa shape index (κ1) is 14.5. The maximum Gasteiger partial charge on any atom is 0.322 e. The number of ether oxygens (including phenoxy) is 1. The molecule has 0 bridgehead atoms. The molecule has 2 aromatic heterocycles. The summed E-state index contributed by atoms with van der Waals surface area (Å²) in [4.78, 5) is 17.9. The summed E-state index contributed by atoms with van der Waals surface area (Å²) >= 11 is 1.45. The molecule has 2 heterocycles. The lowest BCUT2D eigenvalue weighted by Gasteiger charge is -2.07. The summed E-state index contributed by atoms with van der Waals surface area (Å²) in [5, 5.41) is 3.76. The van der Waals surface area contributed by atoms with Crippen molar-refractivity contribution in [3.05, 3.63) is 24.5 Å². The van der Waals surface area contributed by atoms with Gasteiger partial charge in [-0.2, -0.15) is 15.0 Å². The molecule has 6 nitrogen and oxygen atoms in total. The predicted octanol–water partition coefficient (Wildman–Crippen LogP) is 2.64. The van der Waals surface area contributed by atoms with Gasteiger partial charge in [0.25, 0.3) is 0 Å². The van der Waals surface area contributed by atoms with E-state index in [1.54, 1.807) is 12.4 Å². The second-order valence-electron chi connectivity index (χ2n) is 3.87. The number of nitrogens with one attached hydrogen (secondary N) is 1. The molecule has 0 aliphatic heterocycles. The molecular weight excluding hydrogens is 274 g/mol. The Balaban J connectivity index is 2.19. The minimum atomic E-state index is 0.345. The Morgan fingerprint density at radius 2 is 1.95 bits per heavy atom. The van der Waals surface area contributed by atoms with E-state index in [1.807, 2.05) is 19.1 Å². The Bertz CT molecular complexity index is 538. The summed E-state index contributed by atoms with van der Waals surface area (Å²) < 4.78 is 5.38. The van der Waals surface area contributed by atoms with E-state index in [2.05, 4.69) is 32.2 Å². The van der Waals surface area contributed by atoms with Crippen molar-refractivity contribution in [3.8, 4) is 6.01 Å². The van der Waals surface area contributed by atoms with Gasteiger partial charge in [0.05, 0.1) is 6.61 Å². The van der Waals surface area contributed by atoms with Crippen LogP contribution in [0.2, 0.25) is 0 Å². The van der Waals surface area contributed by atoms with Gasteiger partial charge in [-0.05, 0) is 37.2 Å². The molecule has 0 aliphatic carbocycles. The number of nitrogens with zero attached hydrogens (tertiary/aromatic N) is 4. The second-order valence-corrected chi connectivity index (χ2v) is 4.91. The predicted molar refractivity (Wildman–Crippen MR) is 78.1 cm³/mol. The van der Waals surface area contributed by atoms with Crippen molar-refractivity contribution in [3.63, 3.8) is 0 Å². The average molecular weight is 291 g/mol. The Hall–Kier alpha value is -1.89. The number of hydrogen-bond donors (Lipinski definition) is 1. The smallest absolute Gasteiger partial charge is 0.322 e. The molecule has 0 aliphatic rings. The maximum atomic E-state index is 5.38. The molecule has 0 spiro atoms. The van der Waals surface area contributed by atoms with Crippen molar-refractivity contribution in [2.45, 2.75) is 30.3 Å². The molecule has 0 atom stereocenters. The van der Waals surface area contributed by atoms with E-state index in [-0.39, 0.29) is 0 Å². The monoisotopic (exact) mass is 291 g/mol. The highest BCUT2D eigenvalue weighted by Crippen LogP contribution is 2.25. The molecule has 0 radical (unpaired) electrons. The molecule has 0 saturated heterocycles. The van der Waals surface area contributed by atoms with Gasteiger partial charge >= 0.3 is 6.01 Å². The van der Waals surface area contributed by atoms with Gasteiger partial charge in [-0.15, -0.1) is 0 Å². The van der Waals surface area contributed by atoms with Crippen molar-refractivity contribution in [2.24, 2.45) is 0 Å². The minimum Gasteiger partial charge on any atom is -0.464 e. The van der Waals surface area contributed by atoms with E-state index < -0.39 is 0 Å². The van der Waals surface area contributed by atoms with Gasteiger partial charge in [-0.1, -0.05) is 6.92 Å². The van der Waals surface area contributed by atoms with Crippen molar-refractivity contribution in [2.75, 3.05) is 18.5 Å². The van der Waals surface area contributed by atoms with Crippen LogP contribution in [0.15, 0.2) is 34.6 Å². The Kier molecular flexibility index (Phi) is 5.55. The third-order valence-electron chi connectivity index (χ3n) is 2.26. The van der Waals surface area contributed by atoms with Gasteiger partial charge < -0.3 is 10.1 Å². The van der Waals surface area contributed by atoms with Crippen molar-refractivity contribution in [1.29, 1.82) is 0 Å². The lowest BCUT2D eigenvalue weighted by atomic mass is 10.5. The summed E-state index contributed by atoms with van der Waals surface area (Å²) in [6.45, 7) is 5.33. The van der Waals surface area contributed by atoms with Gasteiger partial charge in [-0.25, -0.2) is 0 Å². The molecule has 7 heteroatoms. The first-order valence-corrected chi connectivity index (χ1v) is 7.34. The van der Waals surface area contributed by atoms with Crippen LogP contribution < -0.4 is 10.1 Å². The van der Waals surface area contributed by atoms with Crippen LogP contribution in [0.25, 0.3) is 0 Å². The average Bonchev–Trinajstić information content (AvgIpc) is 2.46.